The zero-order chi connectivity index (χ0) is 27.3. The number of ether oxygens (including phenoxy) is 3. The number of pyridine rings is 1. The van der Waals surface area contributed by atoms with Crippen LogP contribution < -0.4 is 14.2 Å². The van der Waals surface area contributed by atoms with E-state index in [9.17, 15) is 8.42 Å². The molecule has 2 aromatic heterocycles. The fourth-order valence-electron chi connectivity index (χ4n) is 4.55. The van der Waals surface area contributed by atoms with Crippen molar-refractivity contribution in [2.45, 2.75) is 42.5 Å². The predicted octanol–water partition coefficient (Wildman–Crippen LogP) is 5.81. The van der Waals surface area contributed by atoms with Crippen LogP contribution in [0.2, 0.25) is 0 Å². The molecule has 4 rings (SSSR count). The Hall–Kier alpha value is -3.49. The summed E-state index contributed by atoms with van der Waals surface area (Å²) >= 11 is 0. The van der Waals surface area contributed by atoms with Gasteiger partial charge in [0.25, 0.3) is 0 Å². The Balaban J connectivity index is 1.35. The highest BCUT2D eigenvalue weighted by atomic mass is 32.2. The normalized spacial score (nSPS) is 11.9. The van der Waals surface area contributed by atoms with Crippen LogP contribution in [-0.4, -0.2) is 52.1 Å². The number of fused-ring (bicyclic) bond motifs is 1. The summed E-state index contributed by atoms with van der Waals surface area (Å²) < 4.78 is 45.7. The molecule has 38 heavy (non-hydrogen) atoms. The molecule has 2 aromatic carbocycles. The number of aromatic nitrogens is 1. The third-order valence-corrected chi connectivity index (χ3v) is 8.42. The second kappa shape index (κ2) is 11.9. The minimum absolute atomic E-state index is 0.0761. The number of benzene rings is 2. The van der Waals surface area contributed by atoms with Gasteiger partial charge in [0.2, 0.25) is 9.84 Å². The number of methoxy groups -OCH3 is 2. The Morgan fingerprint density at radius 2 is 1.68 bits per heavy atom. The van der Waals surface area contributed by atoms with Crippen LogP contribution in [0.25, 0.3) is 5.52 Å². The fraction of sp³-hybridized carbons (Fsp3) is 0.333. The second-order valence-corrected chi connectivity index (χ2v) is 11.6. The molecule has 0 saturated heterocycles. The lowest BCUT2D eigenvalue weighted by molar-refractivity contribution is 0.258. The summed E-state index contributed by atoms with van der Waals surface area (Å²) in [5.41, 5.74) is 2.64. The second-order valence-electron chi connectivity index (χ2n) is 9.67. The van der Waals surface area contributed by atoms with Gasteiger partial charge in [0, 0.05) is 25.5 Å². The van der Waals surface area contributed by atoms with E-state index < -0.39 is 9.84 Å². The smallest absolute Gasteiger partial charge is 0.209 e. The first-order chi connectivity index (χ1) is 18.2. The largest absolute Gasteiger partial charge is 0.494 e. The summed E-state index contributed by atoms with van der Waals surface area (Å²) in [5, 5.41) is 0. The van der Waals surface area contributed by atoms with Crippen molar-refractivity contribution in [1.29, 1.82) is 0 Å². The van der Waals surface area contributed by atoms with E-state index in [4.69, 9.17) is 14.2 Å². The molecule has 202 valence electrons. The molecule has 0 radical (unpaired) electrons. The molecule has 2 heterocycles. The van der Waals surface area contributed by atoms with Crippen molar-refractivity contribution < 1.29 is 22.6 Å². The third kappa shape index (κ3) is 5.97. The maximum atomic E-state index is 13.6. The maximum Gasteiger partial charge on any atom is 0.209 e. The van der Waals surface area contributed by atoms with Crippen LogP contribution >= 0.6 is 0 Å². The molecule has 4 aromatic rings. The van der Waals surface area contributed by atoms with Gasteiger partial charge < -0.3 is 23.5 Å². The quantitative estimate of drug-likeness (QED) is 0.213. The highest BCUT2D eigenvalue weighted by Crippen LogP contribution is 2.34. The van der Waals surface area contributed by atoms with Crippen molar-refractivity contribution in [2.24, 2.45) is 0 Å². The molecule has 0 saturated carbocycles. The van der Waals surface area contributed by atoms with Crippen molar-refractivity contribution in [1.82, 2.24) is 9.30 Å². The van der Waals surface area contributed by atoms with E-state index in [1.165, 1.54) is 0 Å². The summed E-state index contributed by atoms with van der Waals surface area (Å²) in [6.07, 6.45) is 4.62. The Morgan fingerprint density at radius 1 is 0.947 bits per heavy atom. The van der Waals surface area contributed by atoms with Crippen molar-refractivity contribution in [2.75, 3.05) is 34.4 Å². The highest BCUT2D eigenvalue weighted by molar-refractivity contribution is 7.91. The van der Waals surface area contributed by atoms with Gasteiger partial charge >= 0.3 is 0 Å². The van der Waals surface area contributed by atoms with Crippen LogP contribution in [0.15, 0.2) is 82.8 Å². The van der Waals surface area contributed by atoms with Crippen LogP contribution in [0.1, 0.15) is 37.3 Å². The molecule has 0 atom stereocenters. The lowest BCUT2D eigenvalue weighted by Gasteiger charge is -2.18. The molecule has 0 amide bonds. The van der Waals surface area contributed by atoms with E-state index in [0.29, 0.717) is 28.5 Å². The molecule has 0 bridgehead atoms. The molecule has 0 unspecified atom stereocenters. The Kier molecular flexibility index (Phi) is 8.64. The highest BCUT2D eigenvalue weighted by Gasteiger charge is 2.27. The average Bonchev–Trinajstić information content (AvgIpc) is 3.32. The first-order valence-corrected chi connectivity index (χ1v) is 14.2. The Bertz CT molecular complexity index is 1480. The molecule has 0 aliphatic carbocycles. The minimum Gasteiger partial charge on any atom is -0.494 e. The molecule has 0 fully saturated rings. The molecular formula is C30H36N2O5S. The zero-order valence-corrected chi connectivity index (χ0v) is 23.5. The van der Waals surface area contributed by atoms with Crippen molar-refractivity contribution >= 4 is 15.4 Å². The van der Waals surface area contributed by atoms with Crippen LogP contribution in [-0.2, 0) is 16.4 Å². The summed E-state index contributed by atoms with van der Waals surface area (Å²) in [5.74, 6) is 2.16. The van der Waals surface area contributed by atoms with E-state index in [1.54, 1.807) is 38.5 Å². The van der Waals surface area contributed by atoms with Gasteiger partial charge in [-0.25, -0.2) is 8.42 Å². The lowest BCUT2D eigenvalue weighted by Crippen LogP contribution is -2.20. The van der Waals surface area contributed by atoms with Gasteiger partial charge in [-0.2, -0.15) is 0 Å². The molecule has 0 N–H and O–H groups in total. The predicted molar refractivity (Wildman–Crippen MR) is 149 cm³/mol. The fourth-order valence-corrected chi connectivity index (χ4v) is 6.33. The summed E-state index contributed by atoms with van der Waals surface area (Å²) in [6, 6.07) is 18.3. The van der Waals surface area contributed by atoms with E-state index in [2.05, 4.69) is 11.9 Å². The Morgan fingerprint density at radius 3 is 2.37 bits per heavy atom. The van der Waals surface area contributed by atoms with Gasteiger partial charge in [-0.05, 0) is 79.0 Å². The SMILES string of the molecule is COc1ccc(CN(C)CCCOc2ccc(S(=O)(=O)c3c(C(C)C)cn4ccccc34)cc2)cc1OC. The first kappa shape index (κ1) is 27.5. The van der Waals surface area contributed by atoms with Gasteiger partial charge in [0.1, 0.15) is 10.6 Å². The molecule has 7 nitrogen and oxygen atoms in total. The van der Waals surface area contributed by atoms with Crippen LogP contribution in [0, 0.1) is 0 Å². The topological polar surface area (TPSA) is 69.5 Å². The number of hydrogen-bond acceptors (Lipinski definition) is 6. The van der Waals surface area contributed by atoms with Crippen LogP contribution in [0.4, 0.5) is 0 Å². The molecular weight excluding hydrogens is 500 g/mol. The van der Waals surface area contributed by atoms with Gasteiger partial charge in [-0.15, -0.1) is 0 Å². The third-order valence-electron chi connectivity index (χ3n) is 6.54. The monoisotopic (exact) mass is 536 g/mol. The first-order valence-electron chi connectivity index (χ1n) is 12.7. The van der Waals surface area contributed by atoms with Gasteiger partial charge in [-0.1, -0.05) is 26.0 Å². The molecule has 0 aliphatic heterocycles. The van der Waals surface area contributed by atoms with E-state index in [0.717, 1.165) is 36.4 Å². The minimum atomic E-state index is -3.69. The number of sulfone groups is 1. The van der Waals surface area contributed by atoms with E-state index in [-0.39, 0.29) is 10.8 Å². The molecule has 8 heteroatoms. The van der Waals surface area contributed by atoms with E-state index in [1.807, 2.05) is 67.0 Å². The van der Waals surface area contributed by atoms with Gasteiger partial charge in [-0.3, -0.25) is 0 Å². The number of nitrogens with zero attached hydrogens (tertiary/aromatic N) is 2. The van der Waals surface area contributed by atoms with Crippen LogP contribution in [0.3, 0.4) is 0 Å². The lowest BCUT2D eigenvalue weighted by atomic mass is 10.1. The molecule has 0 aliphatic rings. The Labute approximate surface area is 225 Å². The summed E-state index contributed by atoms with van der Waals surface area (Å²) in [7, 11) is 1.64. The van der Waals surface area contributed by atoms with Crippen LogP contribution in [0.5, 0.6) is 17.2 Å². The van der Waals surface area contributed by atoms with Crippen molar-refractivity contribution in [3.63, 3.8) is 0 Å². The summed E-state index contributed by atoms with van der Waals surface area (Å²) in [4.78, 5) is 2.85. The van der Waals surface area contributed by atoms with Crippen molar-refractivity contribution in [3.05, 3.63) is 84.2 Å². The summed E-state index contributed by atoms with van der Waals surface area (Å²) in [6.45, 7) is 6.18. The number of hydrogen-bond donors (Lipinski definition) is 0. The molecule has 0 spiro atoms. The zero-order valence-electron chi connectivity index (χ0n) is 22.7. The maximum absolute atomic E-state index is 13.6. The average molecular weight is 537 g/mol. The standard InChI is InChI=1S/C30H36N2O5S/c1-22(2)26-21-32-17-7-6-9-27(32)30(26)38(33,34)25-13-11-24(12-14-25)37-18-8-16-31(3)20-23-10-15-28(35-4)29(19-23)36-5/h6-7,9-15,17,19,21-22H,8,16,18,20H2,1-5H3. The van der Waals surface area contributed by atoms with Gasteiger partial charge in [0.15, 0.2) is 11.5 Å². The van der Waals surface area contributed by atoms with Gasteiger partial charge in [0.05, 0.1) is 31.2 Å². The number of rotatable bonds is 12. The van der Waals surface area contributed by atoms with Crippen molar-refractivity contribution in [3.8, 4) is 17.2 Å². The van der Waals surface area contributed by atoms with E-state index >= 15 is 0 Å².